The molecular weight excluding hydrogens is 475 g/mol. The second kappa shape index (κ2) is 9.33. The van der Waals surface area contributed by atoms with Gasteiger partial charge in [0.05, 0.1) is 11.2 Å². The first-order valence-electron chi connectivity index (χ1n) is 11.7. The van der Waals surface area contributed by atoms with Crippen molar-refractivity contribution >= 4 is 28.5 Å². The Balaban J connectivity index is 1.47. The SMILES string of the molecule is CC(=O)N1CCN(c2cc3c(cc2F)c(=O)c(C(=O)OCc2cccc(F)c2F)cn3C2CC2)CC1. The number of fused-ring (bicyclic) bond motifs is 1. The first kappa shape index (κ1) is 23.9. The van der Waals surface area contributed by atoms with Gasteiger partial charge in [0, 0.05) is 56.3 Å². The van der Waals surface area contributed by atoms with Crippen LogP contribution in [0.5, 0.6) is 0 Å². The van der Waals surface area contributed by atoms with Crippen LogP contribution in [0.3, 0.4) is 0 Å². The number of rotatable bonds is 5. The molecule has 5 rings (SSSR count). The third kappa shape index (κ3) is 4.43. The van der Waals surface area contributed by atoms with Crippen molar-refractivity contribution in [2.45, 2.75) is 32.4 Å². The fraction of sp³-hybridized carbons (Fsp3) is 0.346. The predicted octanol–water partition coefficient (Wildman–Crippen LogP) is 3.78. The average molecular weight is 499 g/mol. The van der Waals surface area contributed by atoms with E-state index in [1.54, 1.807) is 15.5 Å². The molecule has 2 aliphatic rings. The normalized spacial score (nSPS) is 15.9. The van der Waals surface area contributed by atoms with Gasteiger partial charge in [-0.2, -0.15) is 0 Å². The molecule has 0 atom stereocenters. The topological polar surface area (TPSA) is 71.8 Å². The Hall–Kier alpha value is -3.82. The van der Waals surface area contributed by atoms with E-state index in [-0.39, 0.29) is 28.5 Å². The number of ether oxygens (including phenoxy) is 1. The fourth-order valence-corrected chi connectivity index (χ4v) is 4.54. The van der Waals surface area contributed by atoms with Crippen molar-refractivity contribution in [3.8, 4) is 0 Å². The molecule has 1 saturated carbocycles. The summed E-state index contributed by atoms with van der Waals surface area (Å²) >= 11 is 0. The number of anilines is 1. The second-order valence-corrected chi connectivity index (χ2v) is 9.11. The maximum absolute atomic E-state index is 15.2. The van der Waals surface area contributed by atoms with Crippen LogP contribution >= 0.6 is 0 Å². The molecule has 7 nitrogen and oxygen atoms in total. The van der Waals surface area contributed by atoms with Crippen molar-refractivity contribution < 1.29 is 27.5 Å². The van der Waals surface area contributed by atoms with Crippen LogP contribution in [0.2, 0.25) is 0 Å². The Labute approximate surface area is 204 Å². The van der Waals surface area contributed by atoms with Crippen molar-refractivity contribution in [3.05, 3.63) is 75.3 Å². The molecule has 0 N–H and O–H groups in total. The van der Waals surface area contributed by atoms with Gasteiger partial charge in [0.2, 0.25) is 11.3 Å². The number of aromatic nitrogens is 1. The standard InChI is InChI=1S/C26H24F3N3O4/c1-15(33)30-7-9-31(10-8-30)23-12-22-18(11-21(23)28)25(34)19(13-32(22)17-5-6-17)26(35)36-14-16-3-2-4-20(27)24(16)29/h2-4,11-13,17H,5-10,14H2,1H3. The van der Waals surface area contributed by atoms with Gasteiger partial charge in [0.1, 0.15) is 18.0 Å². The van der Waals surface area contributed by atoms with Crippen molar-refractivity contribution in [3.63, 3.8) is 0 Å². The predicted molar refractivity (Wildman–Crippen MR) is 126 cm³/mol. The number of carbonyl (C=O) groups is 2. The minimum Gasteiger partial charge on any atom is -0.457 e. The van der Waals surface area contributed by atoms with E-state index in [1.165, 1.54) is 25.3 Å². The lowest BCUT2D eigenvalue weighted by Gasteiger charge is -2.36. The van der Waals surface area contributed by atoms with Crippen molar-refractivity contribution in [1.82, 2.24) is 9.47 Å². The van der Waals surface area contributed by atoms with Crippen LogP contribution in [0.15, 0.2) is 41.3 Å². The zero-order chi connectivity index (χ0) is 25.6. The maximum Gasteiger partial charge on any atom is 0.344 e. The maximum atomic E-state index is 15.2. The minimum atomic E-state index is -1.13. The van der Waals surface area contributed by atoms with Gasteiger partial charge < -0.3 is 19.1 Å². The van der Waals surface area contributed by atoms with Crippen LogP contribution in [0.25, 0.3) is 10.9 Å². The average Bonchev–Trinajstić information content (AvgIpc) is 3.70. The van der Waals surface area contributed by atoms with E-state index in [0.717, 1.165) is 25.0 Å². The lowest BCUT2D eigenvalue weighted by Crippen LogP contribution is -2.48. The van der Waals surface area contributed by atoms with E-state index in [0.29, 0.717) is 37.4 Å². The molecule has 36 heavy (non-hydrogen) atoms. The zero-order valence-corrected chi connectivity index (χ0v) is 19.6. The third-order valence-corrected chi connectivity index (χ3v) is 6.72. The van der Waals surface area contributed by atoms with E-state index in [9.17, 15) is 23.2 Å². The van der Waals surface area contributed by atoms with E-state index in [1.807, 2.05) is 4.90 Å². The summed E-state index contributed by atoms with van der Waals surface area (Å²) in [5.74, 6) is -3.83. The number of esters is 1. The molecular formula is C26H24F3N3O4. The molecule has 2 aromatic carbocycles. The second-order valence-electron chi connectivity index (χ2n) is 9.11. The first-order chi connectivity index (χ1) is 17.2. The zero-order valence-electron chi connectivity index (χ0n) is 19.6. The number of pyridine rings is 1. The summed E-state index contributed by atoms with van der Waals surface area (Å²) in [5.41, 5.74) is -0.323. The molecule has 0 unspecified atom stereocenters. The molecule has 2 heterocycles. The molecule has 1 aliphatic heterocycles. The summed E-state index contributed by atoms with van der Waals surface area (Å²) in [6, 6.07) is 6.31. The van der Waals surface area contributed by atoms with Crippen LogP contribution in [0.4, 0.5) is 18.9 Å². The van der Waals surface area contributed by atoms with Crippen molar-refractivity contribution in [2.75, 3.05) is 31.1 Å². The summed E-state index contributed by atoms with van der Waals surface area (Å²) in [4.78, 5) is 41.1. The minimum absolute atomic E-state index is 0.0317. The van der Waals surface area contributed by atoms with Gasteiger partial charge in [-0.15, -0.1) is 0 Å². The molecule has 1 saturated heterocycles. The van der Waals surface area contributed by atoms with Gasteiger partial charge in [-0.25, -0.2) is 18.0 Å². The molecule has 1 aromatic heterocycles. The number of benzene rings is 2. The molecule has 3 aromatic rings. The van der Waals surface area contributed by atoms with Gasteiger partial charge in [-0.3, -0.25) is 9.59 Å². The van der Waals surface area contributed by atoms with Gasteiger partial charge in [0.25, 0.3) is 0 Å². The Kier molecular flexibility index (Phi) is 6.19. The van der Waals surface area contributed by atoms with Crippen LogP contribution in [-0.4, -0.2) is 47.5 Å². The Morgan fingerprint density at radius 3 is 2.42 bits per heavy atom. The quantitative estimate of drug-likeness (QED) is 0.500. The number of halogens is 3. The largest absolute Gasteiger partial charge is 0.457 e. The number of hydrogen-bond acceptors (Lipinski definition) is 5. The number of carbonyl (C=O) groups excluding carboxylic acids is 2. The van der Waals surface area contributed by atoms with Crippen molar-refractivity contribution in [2.24, 2.45) is 0 Å². The first-order valence-corrected chi connectivity index (χ1v) is 11.7. The van der Waals surface area contributed by atoms with Gasteiger partial charge in [0.15, 0.2) is 11.6 Å². The number of hydrogen-bond donors (Lipinski definition) is 0. The van der Waals surface area contributed by atoms with Gasteiger partial charge in [-0.05, 0) is 31.0 Å². The lowest BCUT2D eigenvalue weighted by molar-refractivity contribution is -0.129. The third-order valence-electron chi connectivity index (χ3n) is 6.72. The fourth-order valence-electron chi connectivity index (χ4n) is 4.54. The number of piperazine rings is 1. The van der Waals surface area contributed by atoms with Crippen molar-refractivity contribution in [1.29, 1.82) is 0 Å². The Morgan fingerprint density at radius 1 is 1.03 bits per heavy atom. The van der Waals surface area contributed by atoms with Crippen LogP contribution < -0.4 is 10.3 Å². The van der Waals surface area contributed by atoms with Gasteiger partial charge >= 0.3 is 5.97 Å². The molecule has 1 aliphatic carbocycles. The molecule has 0 bridgehead atoms. The summed E-state index contributed by atoms with van der Waals surface area (Å²) in [6.45, 7) is 2.80. The highest BCUT2D eigenvalue weighted by Gasteiger charge is 2.29. The summed E-state index contributed by atoms with van der Waals surface area (Å²) < 4.78 is 49.5. The Bertz CT molecular complexity index is 1430. The van der Waals surface area contributed by atoms with E-state index in [2.05, 4.69) is 0 Å². The number of amides is 1. The molecule has 0 radical (unpaired) electrons. The monoisotopic (exact) mass is 499 g/mol. The van der Waals surface area contributed by atoms with Crippen LogP contribution in [0, 0.1) is 17.5 Å². The van der Waals surface area contributed by atoms with E-state index < -0.39 is 35.5 Å². The molecule has 0 spiro atoms. The van der Waals surface area contributed by atoms with Crippen LogP contribution in [0.1, 0.15) is 41.7 Å². The highest BCUT2D eigenvalue weighted by molar-refractivity contribution is 5.94. The highest BCUT2D eigenvalue weighted by Crippen LogP contribution is 2.38. The van der Waals surface area contributed by atoms with Gasteiger partial charge in [-0.1, -0.05) is 12.1 Å². The summed E-state index contributed by atoms with van der Waals surface area (Å²) in [5, 5.41) is 0.0388. The lowest BCUT2D eigenvalue weighted by atomic mass is 10.1. The highest BCUT2D eigenvalue weighted by atomic mass is 19.2. The van der Waals surface area contributed by atoms with Crippen LogP contribution in [-0.2, 0) is 16.1 Å². The smallest absolute Gasteiger partial charge is 0.344 e. The number of nitrogens with zero attached hydrogens (tertiary/aromatic N) is 3. The molecule has 10 heteroatoms. The summed E-state index contributed by atoms with van der Waals surface area (Å²) in [6.07, 6.45) is 3.08. The Morgan fingerprint density at radius 2 is 1.75 bits per heavy atom. The molecule has 1 amide bonds. The summed E-state index contributed by atoms with van der Waals surface area (Å²) in [7, 11) is 0. The van der Waals surface area contributed by atoms with E-state index >= 15 is 4.39 Å². The molecule has 2 fully saturated rings. The molecule has 188 valence electrons. The van der Waals surface area contributed by atoms with E-state index in [4.69, 9.17) is 4.74 Å².